The number of guanidine groups is 3. The Morgan fingerprint density at radius 1 is 0.400 bits per heavy atom. The highest BCUT2D eigenvalue weighted by atomic mass is 31.1. The first-order valence-electron chi connectivity index (χ1n) is 7.98. The summed E-state index contributed by atoms with van der Waals surface area (Å²) in [5, 5.41) is 0. The molecule has 9 nitrogen and oxygen atoms in total. The smallest absolute Gasteiger partial charge is 0.277 e. The molecule has 0 rings (SSSR count). The van der Waals surface area contributed by atoms with Crippen LogP contribution in [0.15, 0.2) is 14.3 Å². The van der Waals surface area contributed by atoms with Crippen molar-refractivity contribution in [1.29, 1.82) is 0 Å². The van der Waals surface area contributed by atoms with E-state index in [9.17, 15) is 0 Å². The van der Waals surface area contributed by atoms with E-state index in [4.69, 9.17) is 14.3 Å². The van der Waals surface area contributed by atoms with Crippen LogP contribution in [0.25, 0.3) is 0 Å². The predicted octanol–water partition coefficient (Wildman–Crippen LogP) is 0.651. The van der Waals surface area contributed by atoms with Crippen molar-refractivity contribution in [3.63, 3.8) is 0 Å². The molecule has 0 saturated heterocycles. The normalized spacial score (nSPS) is 9.96. The molecule has 10 heteroatoms. The topological polar surface area (TPSA) is 56.5 Å². The van der Waals surface area contributed by atoms with E-state index in [-0.39, 0.29) is 0 Å². The van der Waals surface area contributed by atoms with Crippen LogP contribution in [0.2, 0.25) is 0 Å². The molecule has 0 aromatic rings. The van der Waals surface area contributed by atoms with Crippen LogP contribution >= 0.6 is 8.37 Å². The van der Waals surface area contributed by atoms with Gasteiger partial charge in [0.15, 0.2) is 0 Å². The van der Waals surface area contributed by atoms with Crippen molar-refractivity contribution in [3.05, 3.63) is 0 Å². The lowest BCUT2D eigenvalue weighted by Crippen LogP contribution is -2.37. The summed E-state index contributed by atoms with van der Waals surface area (Å²) in [6, 6.07) is 0. The molecule has 0 radical (unpaired) electrons. The van der Waals surface area contributed by atoms with Crippen molar-refractivity contribution in [2.24, 2.45) is 14.3 Å². The highest BCUT2D eigenvalue weighted by Crippen LogP contribution is 2.42. The van der Waals surface area contributed by atoms with Gasteiger partial charge in [0.25, 0.3) is 8.37 Å². The van der Waals surface area contributed by atoms with Crippen molar-refractivity contribution >= 4 is 26.3 Å². The third-order valence-electron chi connectivity index (χ3n) is 2.94. The Bertz CT molecular complexity index is 392. The highest BCUT2D eigenvalue weighted by molar-refractivity contribution is 7.54. The molecule has 0 spiro atoms. The van der Waals surface area contributed by atoms with E-state index in [1.807, 2.05) is 114 Å². The summed E-state index contributed by atoms with van der Waals surface area (Å²) in [4.78, 5) is 11.8. The van der Waals surface area contributed by atoms with Crippen LogP contribution in [0.4, 0.5) is 0 Å². The molecule has 0 unspecified atom stereocenters. The molecule has 0 aliphatic rings. The third kappa shape index (κ3) is 7.77. The fourth-order valence-electron chi connectivity index (χ4n) is 2.04. The van der Waals surface area contributed by atoms with Gasteiger partial charge in [-0.25, -0.2) is 0 Å². The van der Waals surface area contributed by atoms with Gasteiger partial charge in [-0.15, -0.1) is 0 Å². The molecule has 0 heterocycles. The van der Waals surface area contributed by atoms with Gasteiger partial charge in [-0.2, -0.15) is 14.3 Å². The summed E-state index contributed by atoms with van der Waals surface area (Å²) in [7, 11) is 22.3. The zero-order chi connectivity index (χ0) is 19.9. The molecule has 25 heavy (non-hydrogen) atoms. The van der Waals surface area contributed by atoms with E-state index < -0.39 is 8.37 Å². The lowest BCUT2D eigenvalue weighted by molar-refractivity contribution is 0.482. The summed E-state index contributed by atoms with van der Waals surface area (Å²) in [6.45, 7) is 0. The molecule has 0 amide bonds. The van der Waals surface area contributed by atoms with Gasteiger partial charge in [-0.05, 0) is 0 Å². The van der Waals surface area contributed by atoms with Crippen LogP contribution in [0.5, 0.6) is 0 Å². The van der Waals surface area contributed by atoms with Gasteiger partial charge < -0.3 is 29.4 Å². The fourth-order valence-corrected chi connectivity index (χ4v) is 3.73. The van der Waals surface area contributed by atoms with Crippen molar-refractivity contribution in [3.8, 4) is 0 Å². The largest absolute Gasteiger partial charge is 0.349 e. The maximum Gasteiger partial charge on any atom is 0.277 e. The van der Waals surface area contributed by atoms with Crippen LogP contribution in [-0.2, 0) is 0 Å². The van der Waals surface area contributed by atoms with E-state index in [2.05, 4.69) is 0 Å². The second-order valence-electron chi connectivity index (χ2n) is 6.83. The molecule has 0 aliphatic heterocycles. The Labute approximate surface area is 155 Å². The first kappa shape index (κ1) is 23.2. The minimum atomic E-state index is -1.36. The fraction of sp³-hybridized carbons (Fsp3) is 0.800. The molecule has 146 valence electrons. The zero-order valence-corrected chi connectivity index (χ0v) is 18.9. The standard InChI is InChI=1S/C15H36N9P/c1-19(2)13(20(3)4)16-25(17-14(21(5)6)22(7)8)18-15(23(9)10)24(11)12/h1-12H3. The predicted molar refractivity (Wildman–Crippen MR) is 111 cm³/mol. The molecule has 0 atom stereocenters. The quantitative estimate of drug-likeness (QED) is 0.411. The first-order valence-corrected chi connectivity index (χ1v) is 9.18. The molecular formula is C15H36N9P. The molecule has 0 aromatic heterocycles. The molecule has 0 fully saturated rings. The molecule has 0 N–H and O–H groups in total. The molecular weight excluding hydrogens is 337 g/mol. The van der Waals surface area contributed by atoms with Crippen LogP contribution in [0, 0.1) is 0 Å². The summed E-state index contributed by atoms with van der Waals surface area (Å²) in [6.07, 6.45) is 0. The zero-order valence-electron chi connectivity index (χ0n) is 18.0. The van der Waals surface area contributed by atoms with Crippen molar-refractivity contribution < 1.29 is 0 Å². The maximum absolute atomic E-state index is 4.84. The second kappa shape index (κ2) is 10.3. The number of hydrogen-bond acceptors (Lipinski definition) is 3. The Balaban J connectivity index is 6.27. The van der Waals surface area contributed by atoms with Gasteiger partial charge >= 0.3 is 0 Å². The second-order valence-corrected chi connectivity index (χ2v) is 7.97. The van der Waals surface area contributed by atoms with Gasteiger partial charge in [0.2, 0.25) is 17.9 Å². The average Bonchev–Trinajstić information content (AvgIpc) is 2.43. The summed E-state index contributed by atoms with van der Waals surface area (Å²) < 4.78 is 14.5. The van der Waals surface area contributed by atoms with Crippen molar-refractivity contribution in [1.82, 2.24) is 29.4 Å². The minimum absolute atomic E-state index is 0.826. The lowest BCUT2D eigenvalue weighted by atomic mass is 10.7. The van der Waals surface area contributed by atoms with E-state index >= 15 is 0 Å². The monoisotopic (exact) mass is 373 g/mol. The van der Waals surface area contributed by atoms with Gasteiger partial charge in [-0.3, -0.25) is 0 Å². The van der Waals surface area contributed by atoms with Crippen molar-refractivity contribution in [2.45, 2.75) is 0 Å². The van der Waals surface area contributed by atoms with Gasteiger partial charge in [-0.1, -0.05) is 0 Å². The number of nitrogens with zero attached hydrogens (tertiary/aromatic N) is 9. The third-order valence-corrected chi connectivity index (χ3v) is 4.01. The van der Waals surface area contributed by atoms with E-state index in [0.717, 1.165) is 17.9 Å². The first-order chi connectivity index (χ1) is 11.4. The maximum atomic E-state index is 4.84. The number of hydrogen-bond donors (Lipinski definition) is 0. The highest BCUT2D eigenvalue weighted by Gasteiger charge is 2.17. The molecule has 0 bridgehead atoms. The van der Waals surface area contributed by atoms with Crippen LogP contribution in [0.3, 0.4) is 0 Å². The lowest BCUT2D eigenvalue weighted by Gasteiger charge is -2.27. The van der Waals surface area contributed by atoms with E-state index in [0.29, 0.717) is 0 Å². The van der Waals surface area contributed by atoms with Gasteiger partial charge in [0.1, 0.15) is 0 Å². The summed E-state index contributed by atoms with van der Waals surface area (Å²) >= 11 is 0. The van der Waals surface area contributed by atoms with Crippen LogP contribution < -0.4 is 0 Å². The van der Waals surface area contributed by atoms with Crippen LogP contribution in [-0.4, -0.2) is 132 Å². The number of rotatable bonds is 3. The Hall–Kier alpha value is -1.76. The Kier molecular flexibility index (Phi) is 9.56. The summed E-state index contributed by atoms with van der Waals surface area (Å²) in [5.41, 5.74) is 0. The molecule has 0 aromatic carbocycles. The molecule has 0 aliphatic carbocycles. The van der Waals surface area contributed by atoms with Gasteiger partial charge in [0, 0.05) is 84.6 Å². The Morgan fingerprint density at radius 3 is 0.680 bits per heavy atom. The van der Waals surface area contributed by atoms with E-state index in [1.54, 1.807) is 0 Å². The van der Waals surface area contributed by atoms with Crippen molar-refractivity contribution in [2.75, 3.05) is 84.6 Å². The SMILES string of the molecule is CN(C)C(=NP(N=C(N(C)C)N(C)C)N=C(N(C)C)N(C)C)N(C)C. The van der Waals surface area contributed by atoms with Gasteiger partial charge in [0.05, 0.1) is 0 Å². The Morgan fingerprint density at radius 2 is 0.560 bits per heavy atom. The average molecular weight is 373 g/mol. The minimum Gasteiger partial charge on any atom is -0.349 e. The van der Waals surface area contributed by atoms with Crippen LogP contribution in [0.1, 0.15) is 0 Å². The summed E-state index contributed by atoms with van der Waals surface area (Å²) in [5.74, 6) is 2.48. The van der Waals surface area contributed by atoms with E-state index in [1.165, 1.54) is 0 Å². The molecule has 0 saturated carbocycles.